The van der Waals surface area contributed by atoms with Gasteiger partial charge in [-0.1, -0.05) is 35.2 Å². The molecule has 154 valence electrons. The molecule has 0 spiro atoms. The van der Waals surface area contributed by atoms with Crippen molar-refractivity contribution in [1.82, 2.24) is 10.6 Å². The monoisotopic (exact) mass is 426 g/mol. The summed E-state index contributed by atoms with van der Waals surface area (Å²) in [5, 5.41) is 5.90. The Balaban J connectivity index is 1.21. The van der Waals surface area contributed by atoms with Gasteiger partial charge in [-0.05, 0) is 50.5 Å². The van der Waals surface area contributed by atoms with Crippen LogP contribution < -0.4 is 15.4 Å². The summed E-state index contributed by atoms with van der Waals surface area (Å²) in [5.41, 5.74) is 1.34. The predicted molar refractivity (Wildman–Crippen MR) is 111 cm³/mol. The van der Waals surface area contributed by atoms with Gasteiger partial charge in [0.15, 0.2) is 6.61 Å². The summed E-state index contributed by atoms with van der Waals surface area (Å²) in [4.78, 5) is 24.3. The highest BCUT2D eigenvalue weighted by Gasteiger charge is 2.69. The lowest BCUT2D eigenvalue weighted by molar-refractivity contribution is -0.148. The Morgan fingerprint density at radius 2 is 1.77 bits per heavy atom. The van der Waals surface area contributed by atoms with Gasteiger partial charge in [-0.3, -0.25) is 9.59 Å². The number of hydrogen-bond acceptors (Lipinski definition) is 3. The molecule has 0 unspecified atom stereocenters. The van der Waals surface area contributed by atoms with Crippen LogP contribution >= 0.6 is 11.6 Å². The number of carbonyl (C=O) groups excluding carboxylic acids is 2. The number of hydrogen-bond donors (Lipinski definition) is 2. The molecule has 0 heterocycles. The minimum Gasteiger partial charge on any atom is -0.484 e. The van der Waals surface area contributed by atoms with Crippen molar-refractivity contribution >= 4 is 23.4 Å². The number of halogens is 2. The van der Waals surface area contributed by atoms with E-state index in [2.05, 4.69) is 22.5 Å². The van der Waals surface area contributed by atoms with Crippen molar-refractivity contribution in [1.29, 1.82) is 0 Å². The molecule has 7 heteroatoms. The van der Waals surface area contributed by atoms with Crippen molar-refractivity contribution in [3.63, 3.8) is 0 Å². The summed E-state index contributed by atoms with van der Waals surface area (Å²) in [6.07, 6.45) is 2.00. The normalized spacial score (nSPS) is 23.2. The van der Waals surface area contributed by atoms with Crippen LogP contribution in [0.1, 0.15) is 30.4 Å². The van der Waals surface area contributed by atoms with Gasteiger partial charge in [0, 0.05) is 28.6 Å². The maximum Gasteiger partial charge on any atom is 0.296 e. The first-order valence-corrected chi connectivity index (χ1v) is 9.94. The second kappa shape index (κ2) is 7.66. The topological polar surface area (TPSA) is 67.4 Å². The molecule has 2 bridgehead atoms. The standard InChI is InChI=1S/C23H20ClFN2O3/c1-15-2-4-16(5-3-15)6-9-20(28)26-22-12-23(13-22,14-22)27-21(29)11-30-17-7-8-18(24)19(25)10-17/h2-5,7-8,10H,11-14H2,1H3,(H,26,28)(H,27,29). The van der Waals surface area contributed by atoms with E-state index >= 15 is 0 Å². The first kappa shape index (κ1) is 20.2. The lowest BCUT2D eigenvalue weighted by Crippen LogP contribution is -2.84. The first-order valence-electron chi connectivity index (χ1n) is 9.56. The van der Waals surface area contributed by atoms with Crippen LogP contribution in [0, 0.1) is 24.6 Å². The van der Waals surface area contributed by atoms with Crippen LogP contribution in [0.3, 0.4) is 0 Å². The average Bonchev–Trinajstić information content (AvgIpc) is 2.66. The number of benzene rings is 2. The zero-order valence-electron chi connectivity index (χ0n) is 16.4. The molecule has 30 heavy (non-hydrogen) atoms. The van der Waals surface area contributed by atoms with Crippen molar-refractivity contribution in [3.8, 4) is 17.6 Å². The summed E-state index contributed by atoms with van der Waals surface area (Å²) in [7, 11) is 0. The minimum absolute atomic E-state index is 0.00318. The second-order valence-corrected chi connectivity index (χ2v) is 8.48. The minimum atomic E-state index is -0.600. The van der Waals surface area contributed by atoms with Crippen LogP contribution in [0.4, 0.5) is 4.39 Å². The second-order valence-electron chi connectivity index (χ2n) is 8.07. The van der Waals surface area contributed by atoms with E-state index in [1.54, 1.807) is 0 Å². The van der Waals surface area contributed by atoms with E-state index in [0.717, 1.165) is 17.2 Å². The largest absolute Gasteiger partial charge is 0.484 e. The van der Waals surface area contributed by atoms with Crippen molar-refractivity contribution in [2.75, 3.05) is 6.61 Å². The van der Waals surface area contributed by atoms with Crippen LogP contribution in [0.2, 0.25) is 5.02 Å². The number of amides is 2. The molecule has 3 aliphatic rings. The van der Waals surface area contributed by atoms with Crippen LogP contribution in [0.5, 0.6) is 5.75 Å². The molecule has 0 atom stereocenters. The Bertz CT molecular complexity index is 1050. The highest BCUT2D eigenvalue weighted by Crippen LogP contribution is 2.60. The SMILES string of the molecule is Cc1ccc(C#CC(=O)NC23CC(NC(=O)COc4ccc(Cl)c(F)c4)(C2)C3)cc1. The molecule has 0 aliphatic heterocycles. The quantitative estimate of drug-likeness (QED) is 0.722. The molecule has 0 radical (unpaired) electrons. The van der Waals surface area contributed by atoms with Crippen LogP contribution in [-0.4, -0.2) is 29.5 Å². The van der Waals surface area contributed by atoms with Gasteiger partial charge in [-0.15, -0.1) is 0 Å². The maximum absolute atomic E-state index is 13.4. The number of carbonyl (C=O) groups is 2. The van der Waals surface area contributed by atoms with Gasteiger partial charge in [0.25, 0.3) is 11.8 Å². The van der Waals surface area contributed by atoms with E-state index in [-0.39, 0.29) is 40.3 Å². The Morgan fingerprint density at radius 3 is 2.43 bits per heavy atom. The van der Waals surface area contributed by atoms with Crippen molar-refractivity contribution < 1.29 is 18.7 Å². The number of ether oxygens (including phenoxy) is 1. The van der Waals surface area contributed by atoms with Gasteiger partial charge in [0.2, 0.25) is 0 Å². The van der Waals surface area contributed by atoms with Gasteiger partial charge in [0.1, 0.15) is 11.6 Å². The molecule has 0 saturated heterocycles. The molecule has 3 aliphatic carbocycles. The third-order valence-electron chi connectivity index (χ3n) is 5.45. The van der Waals surface area contributed by atoms with E-state index in [1.807, 2.05) is 31.2 Å². The Kier molecular flexibility index (Phi) is 5.17. The van der Waals surface area contributed by atoms with Gasteiger partial charge in [-0.25, -0.2) is 4.39 Å². The van der Waals surface area contributed by atoms with E-state index in [0.29, 0.717) is 19.3 Å². The van der Waals surface area contributed by atoms with E-state index in [4.69, 9.17) is 16.3 Å². The lowest BCUT2D eigenvalue weighted by Gasteiger charge is -2.70. The highest BCUT2D eigenvalue weighted by molar-refractivity contribution is 6.30. The fraction of sp³-hybridized carbons (Fsp3) is 0.304. The fourth-order valence-electron chi connectivity index (χ4n) is 4.14. The third-order valence-corrected chi connectivity index (χ3v) is 5.75. The van der Waals surface area contributed by atoms with Gasteiger partial charge in [0.05, 0.1) is 5.02 Å². The maximum atomic E-state index is 13.4. The third kappa shape index (κ3) is 4.27. The summed E-state index contributed by atoms with van der Waals surface area (Å²) in [6, 6.07) is 11.7. The number of rotatable bonds is 5. The summed E-state index contributed by atoms with van der Waals surface area (Å²) >= 11 is 5.62. The summed E-state index contributed by atoms with van der Waals surface area (Å²) in [6.45, 7) is 1.77. The first-order chi connectivity index (χ1) is 14.3. The molecular formula is C23H20ClFN2O3. The number of nitrogens with one attached hydrogen (secondary N) is 2. The van der Waals surface area contributed by atoms with Crippen molar-refractivity contribution in [2.24, 2.45) is 0 Å². The molecule has 0 aromatic heterocycles. The smallest absolute Gasteiger partial charge is 0.296 e. The van der Waals surface area contributed by atoms with Crippen LogP contribution in [-0.2, 0) is 9.59 Å². The number of aryl methyl sites for hydroxylation is 1. The molecule has 2 aromatic rings. The lowest BCUT2D eigenvalue weighted by atomic mass is 9.44. The van der Waals surface area contributed by atoms with Crippen LogP contribution in [0.15, 0.2) is 42.5 Å². The van der Waals surface area contributed by atoms with Crippen molar-refractivity contribution in [2.45, 2.75) is 37.3 Å². The fourth-order valence-corrected chi connectivity index (χ4v) is 4.26. The van der Waals surface area contributed by atoms with Gasteiger partial charge < -0.3 is 15.4 Å². The molecule has 5 nitrogen and oxygen atoms in total. The molecule has 3 saturated carbocycles. The Morgan fingerprint density at radius 1 is 1.10 bits per heavy atom. The summed E-state index contributed by atoms with van der Waals surface area (Å²) in [5.74, 6) is 4.51. The Labute approximate surface area is 178 Å². The molecular weight excluding hydrogens is 407 g/mol. The van der Waals surface area contributed by atoms with Crippen molar-refractivity contribution in [3.05, 3.63) is 64.4 Å². The van der Waals surface area contributed by atoms with Gasteiger partial charge >= 0.3 is 0 Å². The molecule has 2 N–H and O–H groups in total. The van der Waals surface area contributed by atoms with Crippen LogP contribution in [0.25, 0.3) is 0 Å². The zero-order chi connectivity index (χ0) is 21.4. The molecule has 2 aromatic carbocycles. The van der Waals surface area contributed by atoms with Gasteiger partial charge in [-0.2, -0.15) is 0 Å². The molecule has 5 rings (SSSR count). The Hall–Kier alpha value is -3.04. The average molecular weight is 427 g/mol. The highest BCUT2D eigenvalue weighted by atomic mass is 35.5. The molecule has 3 fully saturated rings. The van der Waals surface area contributed by atoms with E-state index in [9.17, 15) is 14.0 Å². The van der Waals surface area contributed by atoms with E-state index < -0.39 is 5.82 Å². The summed E-state index contributed by atoms with van der Waals surface area (Å²) < 4.78 is 18.7. The van der Waals surface area contributed by atoms with E-state index in [1.165, 1.54) is 12.1 Å². The molecule has 2 amide bonds. The zero-order valence-corrected chi connectivity index (χ0v) is 17.1. The predicted octanol–water partition coefficient (Wildman–Crippen LogP) is 3.13.